The molecule has 4 fully saturated rings. The van der Waals surface area contributed by atoms with E-state index in [0.717, 1.165) is 25.2 Å². The summed E-state index contributed by atoms with van der Waals surface area (Å²) in [5.41, 5.74) is 0.510. The van der Waals surface area contributed by atoms with Crippen molar-refractivity contribution < 1.29 is 4.79 Å². The summed E-state index contributed by atoms with van der Waals surface area (Å²) in [7, 11) is 0. The fourth-order valence-electron chi connectivity index (χ4n) is 6.23. The summed E-state index contributed by atoms with van der Waals surface area (Å²) in [4.78, 5) is 13.4. The summed E-state index contributed by atoms with van der Waals surface area (Å²) in [6.07, 6.45) is 7.33. The average molecular weight is 356 g/mol. The van der Waals surface area contributed by atoms with Gasteiger partial charge in [0.2, 0.25) is 5.91 Å². The van der Waals surface area contributed by atoms with Gasteiger partial charge >= 0.3 is 0 Å². The van der Waals surface area contributed by atoms with Crippen LogP contribution in [0.15, 0.2) is 0 Å². The highest BCUT2D eigenvalue weighted by atomic mass is 79.9. The van der Waals surface area contributed by atoms with Crippen LogP contribution in [-0.4, -0.2) is 16.3 Å². The average Bonchev–Trinajstić information content (AvgIpc) is 2.22. The second kappa shape index (κ2) is 4.49. The summed E-state index contributed by atoms with van der Waals surface area (Å²) in [6.45, 7) is 11.2. The Kier molecular flexibility index (Phi) is 3.38. The molecule has 0 spiro atoms. The lowest BCUT2D eigenvalue weighted by Gasteiger charge is -2.64. The zero-order chi connectivity index (χ0) is 15.7. The van der Waals surface area contributed by atoms with E-state index in [0.29, 0.717) is 16.7 Å². The van der Waals surface area contributed by atoms with Crippen molar-refractivity contribution in [3.63, 3.8) is 0 Å². The lowest BCUT2D eigenvalue weighted by Crippen LogP contribution is -2.62. The van der Waals surface area contributed by atoms with Crippen molar-refractivity contribution in [1.29, 1.82) is 0 Å². The molecule has 1 N–H and O–H groups in total. The molecular formula is C18H30BrNO. The molecule has 0 aromatic heterocycles. The molecule has 0 aromatic carbocycles. The van der Waals surface area contributed by atoms with Gasteiger partial charge in [0, 0.05) is 10.4 Å². The molecule has 3 unspecified atom stereocenters. The molecule has 4 aliphatic rings. The number of hydrogen-bond donors (Lipinski definition) is 1. The van der Waals surface area contributed by atoms with Gasteiger partial charge in [0.25, 0.3) is 0 Å². The summed E-state index contributed by atoms with van der Waals surface area (Å²) >= 11 is 3.64. The van der Waals surface area contributed by atoms with E-state index in [1.807, 2.05) is 0 Å². The molecule has 0 heterocycles. The van der Waals surface area contributed by atoms with E-state index in [9.17, 15) is 4.79 Å². The molecule has 4 bridgehead atoms. The Balaban J connectivity index is 1.86. The van der Waals surface area contributed by atoms with Gasteiger partial charge in [-0.25, -0.2) is 0 Å². The number of nitrogens with one attached hydrogen (secondary N) is 1. The predicted molar refractivity (Wildman–Crippen MR) is 90.4 cm³/mol. The Labute approximate surface area is 138 Å². The van der Waals surface area contributed by atoms with Crippen LogP contribution in [0.2, 0.25) is 0 Å². The smallest absolute Gasteiger partial charge is 0.226 e. The van der Waals surface area contributed by atoms with Crippen molar-refractivity contribution in [2.45, 2.75) is 83.5 Å². The Morgan fingerprint density at radius 1 is 1.14 bits per heavy atom. The number of halogens is 1. The van der Waals surface area contributed by atoms with Crippen LogP contribution >= 0.6 is 15.9 Å². The predicted octanol–water partition coefficient (Wildman–Crippen LogP) is 4.66. The molecule has 3 atom stereocenters. The first-order valence-corrected chi connectivity index (χ1v) is 9.36. The minimum absolute atomic E-state index is 0.0952. The lowest BCUT2D eigenvalue weighted by atomic mass is 9.40. The first kappa shape index (κ1) is 15.8. The number of carbonyl (C=O) groups is 1. The van der Waals surface area contributed by atoms with Crippen LogP contribution in [0, 0.1) is 22.2 Å². The molecule has 4 aliphatic carbocycles. The molecule has 0 radical (unpaired) electrons. The molecule has 0 aliphatic heterocycles. The van der Waals surface area contributed by atoms with Gasteiger partial charge in [0.15, 0.2) is 0 Å². The van der Waals surface area contributed by atoms with E-state index >= 15 is 0 Å². The van der Waals surface area contributed by atoms with Gasteiger partial charge in [0.05, 0.1) is 5.41 Å². The first-order chi connectivity index (χ1) is 9.48. The molecule has 3 heteroatoms. The Morgan fingerprint density at radius 3 is 2.10 bits per heavy atom. The first-order valence-electron chi connectivity index (χ1n) is 8.45. The van der Waals surface area contributed by atoms with Gasteiger partial charge < -0.3 is 5.32 Å². The van der Waals surface area contributed by atoms with Crippen LogP contribution in [0.25, 0.3) is 0 Å². The normalized spacial score (nSPS) is 46.5. The third-order valence-electron chi connectivity index (χ3n) is 6.54. The quantitative estimate of drug-likeness (QED) is 0.732. The van der Waals surface area contributed by atoms with Crippen molar-refractivity contribution >= 4 is 21.8 Å². The van der Waals surface area contributed by atoms with E-state index in [1.54, 1.807) is 0 Å². The van der Waals surface area contributed by atoms with Crippen molar-refractivity contribution in [3.05, 3.63) is 0 Å². The van der Waals surface area contributed by atoms with Crippen LogP contribution in [0.4, 0.5) is 0 Å². The van der Waals surface area contributed by atoms with E-state index in [1.165, 1.54) is 19.3 Å². The van der Waals surface area contributed by atoms with Gasteiger partial charge in [-0.2, -0.15) is 0 Å². The van der Waals surface area contributed by atoms with Crippen LogP contribution in [0.5, 0.6) is 0 Å². The molecule has 0 saturated heterocycles. The van der Waals surface area contributed by atoms with E-state index < -0.39 is 0 Å². The summed E-state index contributed by atoms with van der Waals surface area (Å²) in [6, 6.07) is 0. The summed E-state index contributed by atoms with van der Waals surface area (Å²) in [5, 5.41) is 3.36. The number of hydrogen-bond acceptors (Lipinski definition) is 1. The number of rotatable bonds is 3. The SMILES string of the molecule is CC(Br)C(C)(C)NC(=O)C12CC3CC(C)(CC(C)(C3)C1)C2. The fourth-order valence-corrected chi connectivity index (χ4v) is 6.34. The maximum Gasteiger partial charge on any atom is 0.226 e. The van der Waals surface area contributed by atoms with Gasteiger partial charge in [-0.1, -0.05) is 36.7 Å². The standard InChI is InChI=1S/C18H30BrNO/c1-12(19)15(2,3)20-14(21)18-8-13-6-16(4,10-18)9-17(5,7-13)11-18/h12-13H,6-11H2,1-5H3,(H,20,21). The number of amides is 1. The van der Waals surface area contributed by atoms with Crippen molar-refractivity contribution in [2.24, 2.45) is 22.2 Å². The highest BCUT2D eigenvalue weighted by Crippen LogP contribution is 2.69. The second-order valence-corrected chi connectivity index (χ2v) is 11.1. The maximum atomic E-state index is 13.2. The molecule has 21 heavy (non-hydrogen) atoms. The minimum atomic E-state index is -0.192. The van der Waals surface area contributed by atoms with Crippen LogP contribution < -0.4 is 5.32 Å². The molecule has 4 saturated carbocycles. The summed E-state index contributed by atoms with van der Waals surface area (Å²) in [5.74, 6) is 1.09. The minimum Gasteiger partial charge on any atom is -0.350 e. The topological polar surface area (TPSA) is 29.1 Å². The van der Waals surface area contributed by atoms with Crippen LogP contribution in [0.1, 0.15) is 73.1 Å². The van der Waals surface area contributed by atoms with Gasteiger partial charge in [-0.05, 0) is 69.1 Å². The Morgan fingerprint density at radius 2 is 1.67 bits per heavy atom. The highest BCUT2D eigenvalue weighted by molar-refractivity contribution is 9.09. The largest absolute Gasteiger partial charge is 0.350 e. The molecule has 1 amide bonds. The monoisotopic (exact) mass is 355 g/mol. The third-order valence-corrected chi connectivity index (χ3v) is 7.68. The van der Waals surface area contributed by atoms with Gasteiger partial charge in [0.1, 0.15) is 0 Å². The van der Waals surface area contributed by atoms with Crippen molar-refractivity contribution in [3.8, 4) is 0 Å². The van der Waals surface area contributed by atoms with Gasteiger partial charge in [-0.15, -0.1) is 0 Å². The van der Waals surface area contributed by atoms with Crippen molar-refractivity contribution in [1.82, 2.24) is 5.32 Å². The number of alkyl halides is 1. The van der Waals surface area contributed by atoms with Crippen LogP contribution in [0.3, 0.4) is 0 Å². The molecule has 4 rings (SSSR count). The van der Waals surface area contributed by atoms with Crippen LogP contribution in [-0.2, 0) is 4.79 Å². The van der Waals surface area contributed by atoms with E-state index in [2.05, 4.69) is 55.9 Å². The molecule has 0 aromatic rings. The zero-order valence-corrected chi connectivity index (χ0v) is 15.8. The number of carbonyl (C=O) groups excluding carboxylic acids is 1. The van der Waals surface area contributed by atoms with Gasteiger partial charge in [-0.3, -0.25) is 4.79 Å². The third kappa shape index (κ3) is 2.58. The lowest BCUT2D eigenvalue weighted by molar-refractivity contribution is -0.171. The molecular weight excluding hydrogens is 326 g/mol. The zero-order valence-electron chi connectivity index (χ0n) is 14.2. The van der Waals surface area contributed by atoms with Crippen molar-refractivity contribution in [2.75, 3.05) is 0 Å². The Hall–Kier alpha value is -0.0500. The molecule has 120 valence electrons. The second-order valence-electron chi connectivity index (χ2n) is 9.70. The summed E-state index contributed by atoms with van der Waals surface area (Å²) < 4.78 is 0. The van der Waals surface area contributed by atoms with E-state index in [4.69, 9.17) is 0 Å². The molecule has 2 nitrogen and oxygen atoms in total. The van der Waals surface area contributed by atoms with E-state index in [-0.39, 0.29) is 15.8 Å². The Bertz CT molecular complexity index is 452. The highest BCUT2D eigenvalue weighted by Gasteiger charge is 2.62. The maximum absolute atomic E-state index is 13.2. The fraction of sp³-hybridized carbons (Fsp3) is 0.944.